The highest BCUT2D eigenvalue weighted by atomic mass is 19.1. The van der Waals surface area contributed by atoms with E-state index < -0.39 is 72.8 Å². The molecule has 11 heteroatoms. The maximum Gasteiger partial charge on any atom is 0.511 e. The zero-order valence-corrected chi connectivity index (χ0v) is 16.9. The Hall–Kier alpha value is -2.85. The largest absolute Gasteiger partial charge is 0.511 e. The Balaban J connectivity index is 1.69. The average Bonchev–Trinajstić information content (AvgIpc) is 3.13. The summed E-state index contributed by atoms with van der Waals surface area (Å²) >= 11 is 0. The molecule has 2 aliphatic carbocycles. The Morgan fingerprint density at radius 2 is 2.00 bits per heavy atom. The quantitative estimate of drug-likeness (QED) is 0.270. The van der Waals surface area contributed by atoms with Gasteiger partial charge in [0, 0.05) is 12.8 Å². The smallest absolute Gasteiger partial charge is 0.445 e. The topological polar surface area (TPSA) is 118 Å². The number of cyclic esters (lactones) is 1. The van der Waals surface area contributed by atoms with Gasteiger partial charge in [0.25, 0.3) is 0 Å². The van der Waals surface area contributed by atoms with Crippen molar-refractivity contribution in [3.63, 3.8) is 0 Å². The lowest BCUT2D eigenvalue weighted by Crippen LogP contribution is -2.58. The van der Waals surface area contributed by atoms with Crippen LogP contribution >= 0.6 is 0 Å². The molecule has 1 aliphatic heterocycles. The molecule has 1 spiro atoms. The number of alkyl halides is 1. The highest BCUT2D eigenvalue weighted by molar-refractivity contribution is 5.93. The van der Waals surface area contributed by atoms with Gasteiger partial charge < -0.3 is 23.7 Å². The average molecular weight is 429 g/mol. The molecule has 166 valence electrons. The second-order valence-electron chi connectivity index (χ2n) is 7.64. The summed E-state index contributed by atoms with van der Waals surface area (Å²) in [4.78, 5) is 49.8. The van der Waals surface area contributed by atoms with Gasteiger partial charge in [-0.15, -0.1) is 0 Å². The molecule has 0 aromatic heterocycles. The zero-order chi connectivity index (χ0) is 22.2. The van der Waals surface area contributed by atoms with Crippen molar-refractivity contribution in [2.24, 2.45) is 17.8 Å². The van der Waals surface area contributed by atoms with E-state index in [9.17, 15) is 23.6 Å². The maximum atomic E-state index is 14.9. The first kappa shape index (κ1) is 21.8. The fraction of sp³-hybridized carbons (Fsp3) is 0.684. The number of halogens is 1. The van der Waals surface area contributed by atoms with Crippen LogP contribution in [-0.2, 0) is 33.3 Å². The van der Waals surface area contributed by atoms with Gasteiger partial charge in [-0.1, -0.05) is 12.7 Å². The molecule has 30 heavy (non-hydrogen) atoms. The van der Waals surface area contributed by atoms with Crippen molar-refractivity contribution < 1.29 is 47.3 Å². The van der Waals surface area contributed by atoms with E-state index in [1.807, 2.05) is 0 Å². The molecule has 2 saturated carbocycles. The Morgan fingerprint density at radius 1 is 1.30 bits per heavy atom. The van der Waals surface area contributed by atoms with E-state index in [-0.39, 0.29) is 13.0 Å². The number of esters is 2. The summed E-state index contributed by atoms with van der Waals surface area (Å²) in [6.45, 7) is 7.41. The van der Waals surface area contributed by atoms with Gasteiger partial charge in [-0.25, -0.2) is 18.8 Å². The third kappa shape index (κ3) is 3.56. The summed E-state index contributed by atoms with van der Waals surface area (Å²) in [6, 6.07) is 0. The molecule has 0 bridgehead atoms. The van der Waals surface area contributed by atoms with Gasteiger partial charge >= 0.3 is 24.2 Å². The van der Waals surface area contributed by atoms with Crippen LogP contribution in [0.4, 0.5) is 14.0 Å². The van der Waals surface area contributed by atoms with E-state index in [0.29, 0.717) is 0 Å². The number of amides is 1. The lowest BCUT2D eigenvalue weighted by molar-refractivity contribution is -0.172. The van der Waals surface area contributed by atoms with Gasteiger partial charge in [-0.2, -0.15) is 0 Å². The summed E-state index contributed by atoms with van der Waals surface area (Å²) < 4.78 is 39.6. The van der Waals surface area contributed by atoms with Crippen LogP contribution in [0.15, 0.2) is 12.7 Å². The first-order valence-electron chi connectivity index (χ1n) is 9.58. The molecule has 1 amide bonds. The van der Waals surface area contributed by atoms with Crippen LogP contribution in [0.25, 0.3) is 0 Å². The van der Waals surface area contributed by atoms with E-state index in [4.69, 9.17) is 23.7 Å². The maximum absolute atomic E-state index is 14.9. The van der Waals surface area contributed by atoms with Crippen molar-refractivity contribution in [1.29, 1.82) is 0 Å². The highest BCUT2D eigenvalue weighted by Gasteiger charge is 2.81. The van der Waals surface area contributed by atoms with Gasteiger partial charge in [-0.3, -0.25) is 9.69 Å². The summed E-state index contributed by atoms with van der Waals surface area (Å²) in [5.74, 6) is -3.85. The number of fused-ring (bicyclic) bond motifs is 2. The minimum absolute atomic E-state index is 0.116. The molecule has 1 heterocycles. The number of rotatable bonds is 6. The third-order valence-corrected chi connectivity index (χ3v) is 5.43. The van der Waals surface area contributed by atoms with Crippen LogP contribution in [0.2, 0.25) is 0 Å². The fourth-order valence-electron chi connectivity index (χ4n) is 4.32. The monoisotopic (exact) mass is 429 g/mol. The van der Waals surface area contributed by atoms with Crippen molar-refractivity contribution in [2.75, 3.05) is 13.3 Å². The summed E-state index contributed by atoms with van der Waals surface area (Å²) in [6.07, 6.45) is -4.09. The first-order chi connectivity index (χ1) is 14.1. The lowest BCUT2D eigenvalue weighted by Gasteiger charge is -2.33. The molecule has 0 aromatic rings. The highest BCUT2D eigenvalue weighted by Crippen LogP contribution is 2.66. The van der Waals surface area contributed by atoms with Crippen molar-refractivity contribution in [3.05, 3.63) is 12.7 Å². The van der Waals surface area contributed by atoms with Gasteiger partial charge in [0.15, 0.2) is 12.3 Å². The molecule has 3 rings (SSSR count). The molecule has 1 unspecified atom stereocenters. The number of hydrogen-bond acceptors (Lipinski definition) is 9. The molecular formula is C19H24FNO9. The molecule has 0 N–H and O–H groups in total. The SMILES string of the molecule is C=CCOC(=O)N1COC(=O)[C@]12C1[C@@H](C[C@@H]2F)[C@@H]1C(=O)O[C@H](C)OC(=O)OC(C)C. The summed E-state index contributed by atoms with van der Waals surface area (Å²) in [5.41, 5.74) is -1.94. The standard InChI is InChI=1S/C19H24FNO9/c1-5-6-26-17(24)21-8-27-16(23)19(21)12(20)7-11-13(14(11)19)15(22)29-10(4)30-18(25)28-9(2)3/h5,9-14H,1,6-8H2,2-4H3/t10-,11-,12-,13-,14?,19-/m0/s1. The van der Waals surface area contributed by atoms with Gasteiger partial charge in [0.05, 0.1) is 12.0 Å². The van der Waals surface area contributed by atoms with Gasteiger partial charge in [-0.05, 0) is 26.2 Å². The lowest BCUT2D eigenvalue weighted by atomic mass is 9.88. The van der Waals surface area contributed by atoms with Gasteiger partial charge in [0.1, 0.15) is 12.8 Å². The van der Waals surface area contributed by atoms with E-state index in [1.165, 1.54) is 13.0 Å². The fourth-order valence-corrected chi connectivity index (χ4v) is 4.32. The van der Waals surface area contributed by atoms with Crippen molar-refractivity contribution in [3.8, 4) is 0 Å². The Morgan fingerprint density at radius 3 is 2.63 bits per heavy atom. The molecule has 0 aromatic carbocycles. The van der Waals surface area contributed by atoms with Crippen LogP contribution < -0.4 is 0 Å². The Labute approximate surface area is 172 Å². The Bertz CT molecular complexity index is 756. The van der Waals surface area contributed by atoms with E-state index >= 15 is 0 Å². The van der Waals surface area contributed by atoms with Crippen LogP contribution in [-0.4, -0.2) is 66.5 Å². The van der Waals surface area contributed by atoms with Crippen LogP contribution in [0.1, 0.15) is 27.2 Å². The minimum atomic E-state index is -1.94. The summed E-state index contributed by atoms with van der Waals surface area (Å²) in [5, 5.41) is 0. The molecule has 1 saturated heterocycles. The third-order valence-electron chi connectivity index (χ3n) is 5.43. The number of carbonyl (C=O) groups excluding carboxylic acids is 4. The van der Waals surface area contributed by atoms with Crippen molar-refractivity contribution in [1.82, 2.24) is 4.90 Å². The predicted molar refractivity (Wildman–Crippen MR) is 95.3 cm³/mol. The van der Waals surface area contributed by atoms with Crippen LogP contribution in [0, 0.1) is 17.8 Å². The normalized spacial score (nSPS) is 32.3. The predicted octanol–water partition coefficient (Wildman–Crippen LogP) is 1.92. The van der Waals surface area contributed by atoms with Crippen LogP contribution in [0.5, 0.6) is 0 Å². The van der Waals surface area contributed by atoms with Gasteiger partial charge in [0.2, 0.25) is 6.29 Å². The van der Waals surface area contributed by atoms with E-state index in [0.717, 1.165) is 4.90 Å². The summed E-state index contributed by atoms with van der Waals surface area (Å²) in [7, 11) is 0. The van der Waals surface area contributed by atoms with E-state index in [2.05, 4.69) is 6.58 Å². The first-order valence-corrected chi connectivity index (χ1v) is 9.58. The number of hydrogen-bond donors (Lipinski definition) is 0. The van der Waals surface area contributed by atoms with E-state index in [1.54, 1.807) is 13.8 Å². The molecule has 6 atom stereocenters. The molecule has 0 radical (unpaired) electrons. The molecular weight excluding hydrogens is 405 g/mol. The van der Waals surface area contributed by atoms with Crippen LogP contribution in [0.3, 0.4) is 0 Å². The minimum Gasteiger partial charge on any atom is -0.445 e. The molecule has 3 fully saturated rings. The second-order valence-corrected chi connectivity index (χ2v) is 7.64. The second kappa shape index (κ2) is 8.11. The molecule has 10 nitrogen and oxygen atoms in total. The Kier molecular flexibility index (Phi) is 5.91. The van der Waals surface area contributed by atoms with Crippen molar-refractivity contribution >= 4 is 24.2 Å². The zero-order valence-electron chi connectivity index (χ0n) is 16.9. The number of ether oxygens (including phenoxy) is 5. The molecule has 3 aliphatic rings. The van der Waals surface area contributed by atoms with Crippen molar-refractivity contribution in [2.45, 2.75) is 51.3 Å². The number of nitrogens with zero attached hydrogens (tertiary/aromatic N) is 1. The number of carbonyl (C=O) groups is 4.